The Balaban J connectivity index is 2.63. The van der Waals surface area contributed by atoms with Gasteiger partial charge in [-0.2, -0.15) is 13.2 Å². The van der Waals surface area contributed by atoms with E-state index in [1.807, 2.05) is 5.32 Å². The number of aliphatic hydroxyl groups excluding tert-OH is 1. The predicted octanol–water partition coefficient (Wildman–Crippen LogP) is 1.58. The summed E-state index contributed by atoms with van der Waals surface area (Å²) in [7, 11) is 0. The van der Waals surface area contributed by atoms with Crippen molar-refractivity contribution in [2.24, 2.45) is 0 Å². The van der Waals surface area contributed by atoms with Gasteiger partial charge in [0.05, 0.1) is 17.3 Å². The first-order valence-electron chi connectivity index (χ1n) is 4.80. The molecule has 4 nitrogen and oxygen atoms in total. The summed E-state index contributed by atoms with van der Waals surface area (Å²) in [5.41, 5.74) is 5.73. The number of benzene rings is 1. The molecule has 0 aliphatic carbocycles. The minimum atomic E-state index is -4.77. The number of hydrogen-bond acceptors (Lipinski definition) is 3. The monoisotopic (exact) mass is 282 g/mol. The first-order valence-corrected chi connectivity index (χ1v) is 5.17. The number of hydrogen-bond donors (Lipinski definition) is 3. The van der Waals surface area contributed by atoms with Crippen molar-refractivity contribution in [2.75, 3.05) is 12.3 Å². The molecule has 18 heavy (non-hydrogen) atoms. The largest absolute Gasteiger partial charge is 0.416 e. The smallest absolute Gasteiger partial charge is 0.398 e. The molecule has 0 radical (unpaired) electrons. The second-order valence-electron chi connectivity index (χ2n) is 3.50. The van der Waals surface area contributed by atoms with E-state index in [1.54, 1.807) is 0 Å². The minimum Gasteiger partial charge on any atom is -0.398 e. The number of nitrogens with two attached hydrogens (primary N) is 1. The van der Waals surface area contributed by atoms with Crippen LogP contribution in [-0.4, -0.2) is 29.8 Å². The molecule has 0 fully saturated rings. The number of amides is 1. The maximum absolute atomic E-state index is 12.0. The fourth-order valence-corrected chi connectivity index (χ4v) is 1.26. The van der Waals surface area contributed by atoms with E-state index in [-0.39, 0.29) is 16.3 Å². The molecule has 1 unspecified atom stereocenters. The normalized spacial score (nSPS) is 13.2. The average Bonchev–Trinajstić information content (AvgIpc) is 2.27. The first-order chi connectivity index (χ1) is 8.21. The maximum atomic E-state index is 12.0. The number of alkyl halides is 3. The molecular formula is C10H10ClF3N2O2. The van der Waals surface area contributed by atoms with E-state index in [1.165, 1.54) is 18.2 Å². The molecule has 1 amide bonds. The Kier molecular flexibility index (Phi) is 4.42. The third-order valence-corrected chi connectivity index (χ3v) is 2.42. The molecule has 8 heteroatoms. The number of aliphatic hydroxyl groups is 1. The van der Waals surface area contributed by atoms with Crippen LogP contribution >= 0.6 is 11.6 Å². The van der Waals surface area contributed by atoms with Gasteiger partial charge in [0.25, 0.3) is 5.91 Å². The van der Waals surface area contributed by atoms with Gasteiger partial charge in [-0.25, -0.2) is 0 Å². The Morgan fingerprint density at radius 1 is 1.50 bits per heavy atom. The second kappa shape index (κ2) is 5.45. The lowest BCUT2D eigenvalue weighted by atomic mass is 10.2. The molecule has 1 rings (SSSR count). The van der Waals surface area contributed by atoms with Crippen molar-refractivity contribution in [3.05, 3.63) is 28.8 Å². The van der Waals surface area contributed by atoms with E-state index in [2.05, 4.69) is 0 Å². The zero-order valence-electron chi connectivity index (χ0n) is 8.96. The molecule has 0 bridgehead atoms. The van der Waals surface area contributed by atoms with Crippen LogP contribution in [0.1, 0.15) is 10.4 Å². The molecule has 0 aliphatic heterocycles. The highest BCUT2D eigenvalue weighted by Crippen LogP contribution is 2.21. The number of nitrogens with one attached hydrogen (secondary N) is 1. The zero-order valence-corrected chi connectivity index (χ0v) is 9.72. The van der Waals surface area contributed by atoms with Crippen molar-refractivity contribution in [3.63, 3.8) is 0 Å². The maximum Gasteiger partial charge on any atom is 0.416 e. The van der Waals surface area contributed by atoms with Gasteiger partial charge in [0, 0.05) is 5.56 Å². The first kappa shape index (κ1) is 14.6. The third kappa shape index (κ3) is 3.78. The van der Waals surface area contributed by atoms with Gasteiger partial charge in [0.15, 0.2) is 6.10 Å². The summed E-state index contributed by atoms with van der Waals surface area (Å²) >= 11 is 5.66. The van der Waals surface area contributed by atoms with Crippen LogP contribution in [0, 0.1) is 0 Å². The Labute approximate surface area is 106 Å². The van der Waals surface area contributed by atoms with E-state index in [9.17, 15) is 18.0 Å². The number of rotatable bonds is 3. The summed E-state index contributed by atoms with van der Waals surface area (Å²) in [5.74, 6) is -0.778. The van der Waals surface area contributed by atoms with Gasteiger partial charge in [0.2, 0.25) is 0 Å². The van der Waals surface area contributed by atoms with Crippen molar-refractivity contribution in [1.82, 2.24) is 5.32 Å². The highest BCUT2D eigenvalue weighted by Gasteiger charge is 2.38. The van der Waals surface area contributed by atoms with Gasteiger partial charge < -0.3 is 16.2 Å². The van der Waals surface area contributed by atoms with E-state index >= 15 is 0 Å². The molecule has 1 aromatic carbocycles. The van der Waals surface area contributed by atoms with E-state index in [0.717, 1.165) is 0 Å². The fourth-order valence-electron chi connectivity index (χ4n) is 1.08. The molecule has 100 valence electrons. The Hall–Kier alpha value is -1.47. The number of nitrogen functional groups attached to an aromatic ring is 1. The van der Waals surface area contributed by atoms with E-state index < -0.39 is 24.7 Å². The van der Waals surface area contributed by atoms with Gasteiger partial charge in [-0.3, -0.25) is 4.79 Å². The molecule has 4 N–H and O–H groups in total. The lowest BCUT2D eigenvalue weighted by Gasteiger charge is -2.15. The van der Waals surface area contributed by atoms with Gasteiger partial charge in [0.1, 0.15) is 0 Å². The van der Waals surface area contributed by atoms with Crippen LogP contribution in [0.15, 0.2) is 18.2 Å². The number of carbonyl (C=O) groups is 1. The van der Waals surface area contributed by atoms with Gasteiger partial charge in [-0.15, -0.1) is 0 Å². The van der Waals surface area contributed by atoms with Crippen LogP contribution < -0.4 is 11.1 Å². The predicted molar refractivity (Wildman–Crippen MR) is 60.3 cm³/mol. The molecule has 0 saturated heterocycles. The summed E-state index contributed by atoms with van der Waals surface area (Å²) in [6.45, 7) is -0.926. The Morgan fingerprint density at radius 2 is 2.11 bits per heavy atom. The molecule has 1 atom stereocenters. The zero-order chi connectivity index (χ0) is 13.9. The number of halogens is 4. The molecule has 0 heterocycles. The van der Waals surface area contributed by atoms with Crippen LogP contribution in [0.3, 0.4) is 0 Å². The van der Waals surface area contributed by atoms with Crippen LogP contribution in [0.25, 0.3) is 0 Å². The topological polar surface area (TPSA) is 75.4 Å². The minimum absolute atomic E-state index is 0.0589. The number of carbonyl (C=O) groups excluding carboxylic acids is 1. The summed E-state index contributed by atoms with van der Waals surface area (Å²) in [6, 6.07) is 3.90. The standard InChI is InChI=1S/C10H10ClF3N2O2/c11-6-3-5(1-2-7(6)15)9(18)16-4-8(17)10(12,13)14/h1-3,8,17H,4,15H2,(H,16,18). The lowest BCUT2D eigenvalue weighted by molar-refractivity contribution is -0.201. The molecule has 0 aliphatic rings. The van der Waals surface area contributed by atoms with Crippen molar-refractivity contribution in [3.8, 4) is 0 Å². The van der Waals surface area contributed by atoms with Crippen LogP contribution in [0.2, 0.25) is 5.02 Å². The lowest BCUT2D eigenvalue weighted by Crippen LogP contribution is -2.40. The summed E-state index contributed by atoms with van der Waals surface area (Å²) in [6.07, 6.45) is -7.38. The summed E-state index contributed by atoms with van der Waals surface area (Å²) in [5, 5.41) is 10.8. The third-order valence-electron chi connectivity index (χ3n) is 2.10. The van der Waals surface area contributed by atoms with E-state index in [0.29, 0.717) is 0 Å². The average molecular weight is 283 g/mol. The van der Waals surface area contributed by atoms with Crippen LogP contribution in [-0.2, 0) is 0 Å². The molecule has 0 aromatic heterocycles. The second-order valence-corrected chi connectivity index (χ2v) is 3.91. The quantitative estimate of drug-likeness (QED) is 0.737. The molecule has 1 aromatic rings. The molecular weight excluding hydrogens is 273 g/mol. The highest BCUT2D eigenvalue weighted by molar-refractivity contribution is 6.33. The SMILES string of the molecule is Nc1ccc(C(=O)NCC(O)C(F)(F)F)cc1Cl. The van der Waals surface area contributed by atoms with Crippen molar-refractivity contribution in [1.29, 1.82) is 0 Å². The van der Waals surface area contributed by atoms with Crippen molar-refractivity contribution in [2.45, 2.75) is 12.3 Å². The summed E-state index contributed by atoms with van der Waals surface area (Å²) in [4.78, 5) is 11.5. The van der Waals surface area contributed by atoms with Gasteiger partial charge >= 0.3 is 6.18 Å². The Bertz CT molecular complexity index is 451. The highest BCUT2D eigenvalue weighted by atomic mass is 35.5. The molecule has 0 saturated carbocycles. The van der Waals surface area contributed by atoms with Gasteiger partial charge in [-0.1, -0.05) is 11.6 Å². The molecule has 0 spiro atoms. The number of anilines is 1. The van der Waals surface area contributed by atoms with Crippen molar-refractivity contribution < 1.29 is 23.1 Å². The fraction of sp³-hybridized carbons (Fsp3) is 0.300. The van der Waals surface area contributed by atoms with E-state index in [4.69, 9.17) is 22.4 Å². The van der Waals surface area contributed by atoms with Gasteiger partial charge in [-0.05, 0) is 18.2 Å². The Morgan fingerprint density at radius 3 is 2.61 bits per heavy atom. The summed E-state index contributed by atoms with van der Waals surface area (Å²) < 4.78 is 35.9. The van der Waals surface area contributed by atoms with Crippen LogP contribution in [0.5, 0.6) is 0 Å². The van der Waals surface area contributed by atoms with Crippen molar-refractivity contribution >= 4 is 23.2 Å². The van der Waals surface area contributed by atoms with Crippen LogP contribution in [0.4, 0.5) is 18.9 Å².